The maximum atomic E-state index is 12.6. The number of amides is 1. The molecule has 1 fully saturated rings. The van der Waals surface area contributed by atoms with Gasteiger partial charge in [-0.1, -0.05) is 18.1 Å². The zero-order chi connectivity index (χ0) is 25.5. The van der Waals surface area contributed by atoms with Gasteiger partial charge in [-0.25, -0.2) is 14.8 Å². The molecule has 1 unspecified atom stereocenters. The van der Waals surface area contributed by atoms with Gasteiger partial charge in [0.05, 0.1) is 18.3 Å². The van der Waals surface area contributed by atoms with Crippen molar-refractivity contribution in [1.29, 1.82) is 0 Å². The van der Waals surface area contributed by atoms with Gasteiger partial charge in [0.1, 0.15) is 5.82 Å². The molecule has 1 aliphatic heterocycles. The molecule has 4 rings (SSSR count). The van der Waals surface area contributed by atoms with Crippen LogP contribution in [0, 0.1) is 18.8 Å². The number of fused-ring (bicyclic) bond motifs is 1. The van der Waals surface area contributed by atoms with E-state index in [1.54, 1.807) is 36.5 Å². The molecular weight excluding hydrogens is 467 g/mol. The van der Waals surface area contributed by atoms with Crippen molar-refractivity contribution in [3.05, 3.63) is 47.8 Å². The third kappa shape index (κ3) is 4.58. The summed E-state index contributed by atoms with van der Waals surface area (Å²) in [6, 6.07) is 8.16. The monoisotopic (exact) mass is 485 g/mol. The van der Waals surface area contributed by atoms with Crippen molar-refractivity contribution in [3.63, 3.8) is 0 Å². The summed E-state index contributed by atoms with van der Waals surface area (Å²) in [5, 5.41) is 11.4. The first-order valence-corrected chi connectivity index (χ1v) is 10.2. The summed E-state index contributed by atoms with van der Waals surface area (Å²) >= 11 is 0. The average Bonchev–Trinajstić information content (AvgIpc) is 3.01. The largest absolute Gasteiger partial charge is 0.490 e. The van der Waals surface area contributed by atoms with Gasteiger partial charge in [0, 0.05) is 29.3 Å². The number of anilines is 1. The van der Waals surface area contributed by atoms with Crippen LogP contribution in [0.1, 0.15) is 11.3 Å². The molecule has 0 saturated carbocycles. The van der Waals surface area contributed by atoms with Crippen LogP contribution in [0.4, 0.5) is 19.0 Å². The minimum absolute atomic E-state index is 0.246. The Labute approximate surface area is 196 Å². The van der Waals surface area contributed by atoms with Crippen LogP contribution in [0.3, 0.4) is 0 Å². The molecule has 3 aromatic rings. The summed E-state index contributed by atoms with van der Waals surface area (Å²) in [4.78, 5) is 37.6. The lowest BCUT2D eigenvalue weighted by atomic mass is 9.99. The smallest absolute Gasteiger partial charge is 0.449 e. The van der Waals surface area contributed by atoms with E-state index in [2.05, 4.69) is 31.5 Å². The number of rotatable bonds is 2. The summed E-state index contributed by atoms with van der Waals surface area (Å²) in [5.41, 5.74) is 5.50. The molecule has 0 spiro atoms. The van der Waals surface area contributed by atoms with Crippen LogP contribution in [-0.4, -0.2) is 68.3 Å². The summed E-state index contributed by atoms with van der Waals surface area (Å²) < 4.78 is 42.3. The predicted octanol–water partition coefficient (Wildman–Crippen LogP) is 1.61. The summed E-state index contributed by atoms with van der Waals surface area (Å²) in [6.45, 7) is 1.36. The second kappa shape index (κ2) is 8.52. The fraction of sp³-hybridized carbons (Fsp3) is 0.261. The molecule has 1 saturated heterocycles. The Morgan fingerprint density at radius 3 is 2.77 bits per heavy atom. The van der Waals surface area contributed by atoms with Crippen LogP contribution in [0.25, 0.3) is 22.3 Å². The van der Waals surface area contributed by atoms with E-state index in [0.29, 0.717) is 22.0 Å². The van der Waals surface area contributed by atoms with Crippen molar-refractivity contribution in [2.75, 3.05) is 19.3 Å². The fourth-order valence-corrected chi connectivity index (χ4v) is 3.54. The molecule has 180 valence electrons. The van der Waals surface area contributed by atoms with E-state index in [9.17, 15) is 27.9 Å². The SMILES string of the molecule is Cc1cc2c(N)nc(-c3cccc(C#C[C@]4(O)C(=O)N(C)CC4OC(=O)C(F)(F)F)c3)nc2cn1. The summed E-state index contributed by atoms with van der Waals surface area (Å²) in [6.07, 6.45) is -5.55. The van der Waals surface area contributed by atoms with Crippen LogP contribution in [0.15, 0.2) is 36.5 Å². The van der Waals surface area contributed by atoms with Crippen LogP contribution in [0.5, 0.6) is 0 Å². The molecule has 1 aromatic carbocycles. The number of nitrogens with zero attached hydrogens (tertiary/aromatic N) is 4. The maximum Gasteiger partial charge on any atom is 0.490 e. The van der Waals surface area contributed by atoms with E-state index >= 15 is 0 Å². The minimum Gasteiger partial charge on any atom is -0.449 e. The number of esters is 1. The van der Waals surface area contributed by atoms with Gasteiger partial charge >= 0.3 is 12.1 Å². The van der Waals surface area contributed by atoms with Gasteiger partial charge in [0.15, 0.2) is 11.9 Å². The second-order valence-corrected chi connectivity index (χ2v) is 7.95. The molecule has 1 amide bonds. The topological polar surface area (TPSA) is 132 Å². The van der Waals surface area contributed by atoms with Crippen LogP contribution in [0.2, 0.25) is 0 Å². The Morgan fingerprint density at radius 1 is 1.31 bits per heavy atom. The normalized spacial score (nSPS) is 20.0. The number of likely N-dealkylation sites (N-methyl/N-ethyl adjacent to an activating group) is 1. The van der Waals surface area contributed by atoms with Gasteiger partial charge in [-0.15, -0.1) is 0 Å². The first-order chi connectivity index (χ1) is 16.4. The number of alkyl halides is 3. The summed E-state index contributed by atoms with van der Waals surface area (Å²) in [5.74, 6) is 1.86. The van der Waals surface area contributed by atoms with Crippen LogP contribution >= 0.6 is 0 Å². The Balaban J connectivity index is 1.67. The zero-order valence-electron chi connectivity index (χ0n) is 18.4. The Morgan fingerprint density at radius 2 is 2.06 bits per heavy atom. The number of likely N-dealkylation sites (tertiary alicyclic amines) is 1. The minimum atomic E-state index is -5.29. The maximum absolute atomic E-state index is 12.6. The second-order valence-electron chi connectivity index (χ2n) is 7.95. The summed E-state index contributed by atoms with van der Waals surface area (Å²) in [7, 11) is 1.24. The lowest BCUT2D eigenvalue weighted by molar-refractivity contribution is -0.209. The third-order valence-corrected chi connectivity index (χ3v) is 5.33. The molecule has 12 heteroatoms. The first kappa shape index (κ1) is 23.9. The Hall–Kier alpha value is -4.24. The molecule has 0 aliphatic carbocycles. The molecule has 9 nitrogen and oxygen atoms in total. The number of nitrogen functional groups attached to an aromatic ring is 1. The molecule has 0 bridgehead atoms. The third-order valence-electron chi connectivity index (χ3n) is 5.33. The van der Waals surface area contributed by atoms with Crippen molar-refractivity contribution in [2.24, 2.45) is 0 Å². The number of aromatic nitrogens is 3. The molecule has 1 aliphatic rings. The number of hydrogen-bond acceptors (Lipinski definition) is 8. The van der Waals surface area contributed by atoms with Crippen molar-refractivity contribution in [2.45, 2.75) is 24.8 Å². The van der Waals surface area contributed by atoms with E-state index in [1.807, 2.05) is 6.92 Å². The van der Waals surface area contributed by atoms with Crippen molar-refractivity contribution in [1.82, 2.24) is 19.9 Å². The van der Waals surface area contributed by atoms with E-state index in [1.165, 1.54) is 7.05 Å². The number of benzene rings is 1. The molecule has 2 atom stereocenters. The number of nitrogens with two attached hydrogens (primary N) is 1. The first-order valence-electron chi connectivity index (χ1n) is 10.2. The highest BCUT2D eigenvalue weighted by atomic mass is 19.4. The number of carbonyl (C=O) groups is 2. The van der Waals surface area contributed by atoms with Crippen molar-refractivity contribution < 1.29 is 32.6 Å². The van der Waals surface area contributed by atoms with E-state index in [-0.39, 0.29) is 11.6 Å². The van der Waals surface area contributed by atoms with Gasteiger partial charge in [-0.3, -0.25) is 9.78 Å². The van der Waals surface area contributed by atoms with Gasteiger partial charge in [-0.2, -0.15) is 13.2 Å². The molecule has 2 aromatic heterocycles. The predicted molar refractivity (Wildman–Crippen MR) is 117 cm³/mol. The number of pyridine rings is 1. The highest BCUT2D eigenvalue weighted by Crippen LogP contribution is 2.28. The van der Waals surface area contributed by atoms with Crippen molar-refractivity contribution in [3.8, 4) is 23.2 Å². The van der Waals surface area contributed by atoms with Crippen LogP contribution in [-0.2, 0) is 14.3 Å². The highest BCUT2D eigenvalue weighted by Gasteiger charge is 2.56. The number of halogens is 3. The van der Waals surface area contributed by atoms with Crippen LogP contribution < -0.4 is 5.73 Å². The van der Waals surface area contributed by atoms with Gasteiger partial charge < -0.3 is 20.5 Å². The standard InChI is InChI=1S/C23H18F3N5O4/c1-12-8-15-16(10-28-12)29-19(30-18(15)27)14-5-3-4-13(9-14)6-7-22(34)17(11-31(2)20(22)32)35-21(33)23(24,25)26/h3-5,8-10,17,34H,11H2,1-2H3,(H2,27,29,30)/t17?,22-/m1/s1. The number of hydrogen-bond donors (Lipinski definition) is 2. The van der Waals surface area contributed by atoms with E-state index < -0.39 is 36.3 Å². The van der Waals surface area contributed by atoms with Crippen molar-refractivity contribution >= 4 is 28.6 Å². The molecule has 3 heterocycles. The lowest BCUT2D eigenvalue weighted by Crippen LogP contribution is -2.47. The molecule has 3 N–H and O–H groups in total. The zero-order valence-corrected chi connectivity index (χ0v) is 18.4. The molecular formula is C23H18F3N5O4. The fourth-order valence-electron chi connectivity index (χ4n) is 3.54. The number of aryl methyl sites for hydroxylation is 1. The van der Waals surface area contributed by atoms with Gasteiger partial charge in [0.2, 0.25) is 5.60 Å². The lowest BCUT2D eigenvalue weighted by Gasteiger charge is -2.21. The van der Waals surface area contributed by atoms with Gasteiger partial charge in [-0.05, 0) is 31.0 Å². The van der Waals surface area contributed by atoms with E-state index in [4.69, 9.17) is 5.73 Å². The average molecular weight is 485 g/mol. The number of aliphatic hydroxyl groups is 1. The van der Waals surface area contributed by atoms with Gasteiger partial charge in [0.25, 0.3) is 5.91 Å². The number of ether oxygens (including phenoxy) is 1. The molecule has 35 heavy (non-hydrogen) atoms. The Bertz CT molecular complexity index is 1420. The Kier molecular flexibility index (Phi) is 5.82. The quantitative estimate of drug-likeness (QED) is 0.414. The number of carbonyl (C=O) groups excluding carboxylic acids is 2. The highest BCUT2D eigenvalue weighted by molar-refractivity contribution is 5.92. The van der Waals surface area contributed by atoms with E-state index in [0.717, 1.165) is 10.6 Å². The molecule has 0 radical (unpaired) electrons.